The minimum atomic E-state index is -0.232. The van der Waals surface area contributed by atoms with E-state index in [1.54, 1.807) is 16.8 Å². The third-order valence-electron chi connectivity index (χ3n) is 5.59. The van der Waals surface area contributed by atoms with Gasteiger partial charge in [0.1, 0.15) is 5.03 Å². The Labute approximate surface area is 185 Å². The van der Waals surface area contributed by atoms with E-state index >= 15 is 0 Å². The maximum Gasteiger partial charge on any atom is 0.367 e. The molecule has 0 radical (unpaired) electrons. The summed E-state index contributed by atoms with van der Waals surface area (Å²) in [6.07, 6.45) is 2.81. The molecule has 1 amide bonds. The molecule has 160 valence electrons. The first-order chi connectivity index (χ1) is 14.5. The molecule has 1 aromatic carbocycles. The quantitative estimate of drug-likeness (QED) is 0.536. The molecule has 0 saturated carbocycles. The molecule has 7 nitrogen and oxygen atoms in total. The van der Waals surface area contributed by atoms with E-state index in [9.17, 15) is 9.59 Å². The normalized spacial score (nSPS) is 16.5. The lowest BCUT2D eigenvalue weighted by atomic mass is 10.2. The van der Waals surface area contributed by atoms with Crippen molar-refractivity contribution in [2.45, 2.75) is 30.8 Å². The van der Waals surface area contributed by atoms with Crippen molar-refractivity contribution < 1.29 is 4.79 Å². The van der Waals surface area contributed by atoms with Gasteiger partial charge in [0.05, 0.1) is 11.4 Å². The van der Waals surface area contributed by atoms with Gasteiger partial charge in [0.15, 0.2) is 0 Å². The fourth-order valence-electron chi connectivity index (χ4n) is 3.90. The lowest BCUT2D eigenvalue weighted by molar-refractivity contribution is -0.118. The first kappa shape index (κ1) is 21.2. The number of halogens is 1. The highest BCUT2D eigenvalue weighted by atomic mass is 35.5. The first-order valence-corrected chi connectivity index (χ1v) is 11.6. The van der Waals surface area contributed by atoms with Crippen molar-refractivity contribution >= 4 is 29.3 Å². The summed E-state index contributed by atoms with van der Waals surface area (Å²) < 4.78 is 1.79. The van der Waals surface area contributed by atoms with Crippen LogP contribution in [0, 0.1) is 0 Å². The lowest BCUT2D eigenvalue weighted by Gasteiger charge is -2.35. The number of hydrogen-bond donors (Lipinski definition) is 1. The number of aromatic nitrogens is 2. The number of rotatable bonds is 6. The van der Waals surface area contributed by atoms with E-state index in [1.807, 2.05) is 12.1 Å². The van der Waals surface area contributed by atoms with Crippen molar-refractivity contribution in [2.24, 2.45) is 0 Å². The van der Waals surface area contributed by atoms with Crippen LogP contribution in [0.15, 0.2) is 34.1 Å². The van der Waals surface area contributed by atoms with Crippen molar-refractivity contribution in [1.29, 1.82) is 0 Å². The van der Waals surface area contributed by atoms with E-state index in [-0.39, 0.29) is 17.3 Å². The van der Waals surface area contributed by atoms with Gasteiger partial charge in [0.25, 0.3) is 0 Å². The van der Waals surface area contributed by atoms with Gasteiger partial charge in [0, 0.05) is 43.3 Å². The number of hydrogen-bond acceptors (Lipinski definition) is 6. The summed E-state index contributed by atoms with van der Waals surface area (Å²) in [5.74, 6) is 0.164. The SMILES string of the molecule is CN1CCN(n2c3c(c(SCC(=O)NCc4ccc(Cl)cc4)nc2=O)CCC3)CC1. The second kappa shape index (κ2) is 9.41. The van der Waals surface area contributed by atoms with Crippen molar-refractivity contribution in [3.63, 3.8) is 0 Å². The summed E-state index contributed by atoms with van der Waals surface area (Å²) in [4.78, 5) is 31.8. The minimum absolute atomic E-state index is 0.0771. The smallest absolute Gasteiger partial charge is 0.351 e. The molecule has 1 aliphatic heterocycles. The van der Waals surface area contributed by atoms with Gasteiger partial charge in [-0.15, -0.1) is 0 Å². The number of thioether (sulfide) groups is 1. The van der Waals surface area contributed by atoms with Crippen LogP contribution in [0.3, 0.4) is 0 Å². The molecule has 1 fully saturated rings. The molecular formula is C21H26ClN5O2S. The van der Waals surface area contributed by atoms with E-state index < -0.39 is 0 Å². The second-order valence-electron chi connectivity index (χ2n) is 7.74. The zero-order valence-electron chi connectivity index (χ0n) is 17.1. The van der Waals surface area contributed by atoms with E-state index in [1.165, 1.54) is 11.8 Å². The maximum atomic E-state index is 12.8. The van der Waals surface area contributed by atoms with Crippen molar-refractivity contribution in [3.8, 4) is 0 Å². The molecule has 1 aromatic heterocycles. The highest BCUT2D eigenvalue weighted by molar-refractivity contribution is 7.99. The summed E-state index contributed by atoms with van der Waals surface area (Å²) in [5.41, 5.74) is 2.96. The Kier molecular flexibility index (Phi) is 6.65. The molecule has 1 N–H and O–H groups in total. The number of benzene rings is 1. The summed E-state index contributed by atoms with van der Waals surface area (Å²) in [5, 5.41) is 6.41. The fourth-order valence-corrected chi connectivity index (χ4v) is 4.94. The zero-order valence-corrected chi connectivity index (χ0v) is 18.6. The molecule has 0 spiro atoms. The van der Waals surface area contributed by atoms with Crippen molar-refractivity contribution in [2.75, 3.05) is 44.0 Å². The Morgan fingerprint density at radius 3 is 2.63 bits per heavy atom. The molecule has 2 heterocycles. The minimum Gasteiger partial charge on any atom is -0.351 e. The van der Waals surface area contributed by atoms with Gasteiger partial charge < -0.3 is 15.2 Å². The Morgan fingerprint density at radius 2 is 1.90 bits per heavy atom. The number of piperazine rings is 1. The van der Waals surface area contributed by atoms with E-state index in [4.69, 9.17) is 11.6 Å². The number of amides is 1. The molecule has 0 atom stereocenters. The van der Waals surface area contributed by atoms with Crippen LogP contribution < -0.4 is 16.0 Å². The Hall–Kier alpha value is -2.03. The Morgan fingerprint density at radius 1 is 1.17 bits per heavy atom. The van der Waals surface area contributed by atoms with Crippen LogP contribution in [0.2, 0.25) is 5.02 Å². The largest absolute Gasteiger partial charge is 0.367 e. The zero-order chi connectivity index (χ0) is 21.1. The van der Waals surface area contributed by atoms with Crippen LogP contribution >= 0.6 is 23.4 Å². The number of carbonyl (C=O) groups is 1. The predicted molar refractivity (Wildman–Crippen MR) is 120 cm³/mol. The number of carbonyl (C=O) groups excluding carboxylic acids is 1. The third-order valence-corrected chi connectivity index (χ3v) is 6.86. The van der Waals surface area contributed by atoms with Crippen LogP contribution in [0.25, 0.3) is 0 Å². The highest BCUT2D eigenvalue weighted by Crippen LogP contribution is 2.29. The molecule has 2 aromatic rings. The summed E-state index contributed by atoms with van der Waals surface area (Å²) in [6.45, 7) is 3.97. The van der Waals surface area contributed by atoms with Crippen LogP contribution in [0.4, 0.5) is 0 Å². The van der Waals surface area contributed by atoms with Crippen LogP contribution in [0.5, 0.6) is 0 Å². The summed E-state index contributed by atoms with van der Waals surface area (Å²) in [6, 6.07) is 7.39. The summed E-state index contributed by atoms with van der Waals surface area (Å²) in [7, 11) is 2.10. The molecular weight excluding hydrogens is 422 g/mol. The molecule has 2 aliphatic rings. The Balaban J connectivity index is 1.41. The summed E-state index contributed by atoms with van der Waals surface area (Å²) >= 11 is 7.25. The number of likely N-dealkylation sites (N-methyl/N-ethyl adjacent to an activating group) is 1. The monoisotopic (exact) mass is 447 g/mol. The first-order valence-electron chi connectivity index (χ1n) is 10.2. The topological polar surface area (TPSA) is 70.5 Å². The number of nitrogens with zero attached hydrogens (tertiary/aromatic N) is 4. The molecule has 30 heavy (non-hydrogen) atoms. The van der Waals surface area contributed by atoms with Crippen molar-refractivity contribution in [3.05, 3.63) is 56.6 Å². The van der Waals surface area contributed by atoms with Crippen molar-refractivity contribution in [1.82, 2.24) is 19.9 Å². The third kappa shape index (κ3) is 4.82. The van der Waals surface area contributed by atoms with Gasteiger partial charge in [0.2, 0.25) is 5.91 Å². The van der Waals surface area contributed by atoms with Gasteiger partial charge in [-0.25, -0.2) is 9.47 Å². The van der Waals surface area contributed by atoms with Crippen LogP contribution in [0.1, 0.15) is 23.2 Å². The van der Waals surface area contributed by atoms with Gasteiger partial charge in [-0.3, -0.25) is 4.79 Å². The standard InChI is InChI=1S/C21H26ClN5O2S/c1-25-9-11-26(12-10-25)27-18-4-2-3-17(18)20(24-21(27)29)30-14-19(28)23-13-15-5-7-16(22)8-6-15/h5-8H,2-4,9-14H2,1H3,(H,23,28). The molecule has 4 rings (SSSR count). The maximum absolute atomic E-state index is 12.8. The van der Waals surface area contributed by atoms with Crippen LogP contribution in [-0.2, 0) is 24.2 Å². The highest BCUT2D eigenvalue weighted by Gasteiger charge is 2.26. The van der Waals surface area contributed by atoms with E-state index in [2.05, 4.69) is 27.3 Å². The van der Waals surface area contributed by atoms with Gasteiger partial charge in [-0.05, 0) is 44.0 Å². The molecule has 0 bridgehead atoms. The Bertz CT molecular complexity index is 971. The average molecular weight is 448 g/mol. The lowest BCUT2D eigenvalue weighted by Crippen LogP contribution is -2.54. The molecule has 1 aliphatic carbocycles. The van der Waals surface area contributed by atoms with E-state index in [0.717, 1.165) is 62.3 Å². The van der Waals surface area contributed by atoms with E-state index in [0.29, 0.717) is 16.6 Å². The van der Waals surface area contributed by atoms with Crippen LogP contribution in [-0.4, -0.2) is 59.4 Å². The van der Waals surface area contributed by atoms with Gasteiger partial charge in [-0.1, -0.05) is 35.5 Å². The van der Waals surface area contributed by atoms with Gasteiger partial charge in [-0.2, -0.15) is 4.98 Å². The molecule has 0 unspecified atom stereocenters. The molecule has 9 heteroatoms. The number of fused-ring (bicyclic) bond motifs is 1. The van der Waals surface area contributed by atoms with Gasteiger partial charge >= 0.3 is 5.69 Å². The second-order valence-corrected chi connectivity index (χ2v) is 9.14. The molecule has 1 saturated heterocycles. The number of nitrogens with one attached hydrogen (secondary N) is 1. The predicted octanol–water partition coefficient (Wildman–Crippen LogP) is 1.68. The average Bonchev–Trinajstić information content (AvgIpc) is 3.22. The fraction of sp³-hybridized carbons (Fsp3) is 0.476.